The highest BCUT2D eigenvalue weighted by Crippen LogP contribution is 2.51. The molecule has 0 spiro atoms. The lowest BCUT2D eigenvalue weighted by Gasteiger charge is -2.27. The van der Waals surface area contributed by atoms with Crippen LogP contribution in [0.2, 0.25) is 5.02 Å². The Hall–Kier alpha value is -1.81. The maximum atomic E-state index is 13.5. The molecule has 0 aliphatic rings. The molecule has 25 heavy (non-hydrogen) atoms. The number of halogens is 9. The van der Waals surface area contributed by atoms with Crippen LogP contribution in [0.25, 0.3) is 17.0 Å². The van der Waals surface area contributed by atoms with Crippen LogP contribution in [0.3, 0.4) is 0 Å². The fourth-order valence-corrected chi connectivity index (χ4v) is 1.94. The van der Waals surface area contributed by atoms with Gasteiger partial charge in [0.2, 0.25) is 5.89 Å². The summed E-state index contributed by atoms with van der Waals surface area (Å²) in [5.74, 6) is -16.5. The van der Waals surface area contributed by atoms with Crippen LogP contribution in [0.15, 0.2) is 33.2 Å². The van der Waals surface area contributed by atoms with E-state index >= 15 is 0 Å². The quantitative estimate of drug-likeness (QED) is 0.511. The van der Waals surface area contributed by atoms with Gasteiger partial charge in [0.1, 0.15) is 0 Å². The predicted octanol–water partition coefficient (Wildman–Crippen LogP) is 5.25. The van der Waals surface area contributed by atoms with Gasteiger partial charge in [0.05, 0.1) is 10.9 Å². The lowest BCUT2D eigenvalue weighted by atomic mass is 10.1. The summed E-state index contributed by atoms with van der Waals surface area (Å²) < 4.78 is 95.4. The van der Waals surface area contributed by atoms with Gasteiger partial charge in [-0.3, -0.25) is 0 Å². The van der Waals surface area contributed by atoms with Gasteiger partial charge < -0.3 is 4.42 Å². The largest absolute Gasteiger partial charge is 0.404 e. The van der Waals surface area contributed by atoms with E-state index in [-0.39, 0.29) is 15.9 Å². The standard InChI is InChI=1S/C13H4Cl2F7NO2/c14-5-1-2-6-7(3-5)23-9(25-10(6)24)4-8(16)11(17,18)12(19,20)13(15,21)22/h1-4H/b8-4-. The third kappa shape index (κ3) is 3.45. The molecule has 2 rings (SSSR count). The molecule has 136 valence electrons. The van der Waals surface area contributed by atoms with Crippen LogP contribution in [0.1, 0.15) is 5.89 Å². The molecule has 1 heterocycles. The molecule has 12 heteroatoms. The molecule has 2 aromatic rings. The first kappa shape index (κ1) is 19.5. The Morgan fingerprint density at radius 2 is 1.76 bits per heavy atom. The maximum absolute atomic E-state index is 13.5. The summed E-state index contributed by atoms with van der Waals surface area (Å²) in [4.78, 5) is 15.0. The number of fused-ring (bicyclic) bond motifs is 1. The number of aromatic nitrogens is 1. The summed E-state index contributed by atoms with van der Waals surface area (Å²) in [7, 11) is 0. The van der Waals surface area contributed by atoms with E-state index in [1.807, 2.05) is 0 Å². The van der Waals surface area contributed by atoms with Crippen molar-refractivity contribution in [2.45, 2.75) is 17.2 Å². The minimum atomic E-state index is -6.26. The number of allylic oxidation sites excluding steroid dienone is 1. The van der Waals surface area contributed by atoms with Crippen molar-refractivity contribution in [1.82, 2.24) is 4.98 Å². The highest BCUT2D eigenvalue weighted by atomic mass is 35.5. The first-order valence-electron chi connectivity index (χ1n) is 6.08. The smallest absolute Gasteiger partial charge is 0.393 e. The minimum Gasteiger partial charge on any atom is -0.404 e. The summed E-state index contributed by atoms with van der Waals surface area (Å²) in [6, 6.07) is 3.52. The van der Waals surface area contributed by atoms with Crippen LogP contribution in [-0.2, 0) is 0 Å². The SMILES string of the molecule is O=c1oc(/C=C(\F)C(F)(F)C(F)(F)C(F)(F)Cl)nc2cc(Cl)ccc12. The zero-order chi connectivity index (χ0) is 19.2. The van der Waals surface area contributed by atoms with Crippen molar-refractivity contribution in [3.8, 4) is 0 Å². The van der Waals surface area contributed by atoms with Crippen molar-refractivity contribution >= 4 is 40.2 Å². The van der Waals surface area contributed by atoms with Gasteiger partial charge in [0, 0.05) is 11.1 Å². The first-order valence-corrected chi connectivity index (χ1v) is 6.83. The molecule has 0 atom stereocenters. The van der Waals surface area contributed by atoms with Gasteiger partial charge >= 0.3 is 22.9 Å². The van der Waals surface area contributed by atoms with E-state index in [0.717, 1.165) is 12.1 Å². The van der Waals surface area contributed by atoms with E-state index in [0.29, 0.717) is 0 Å². The molecule has 0 amide bonds. The topological polar surface area (TPSA) is 43.1 Å². The van der Waals surface area contributed by atoms with Gasteiger partial charge in [-0.1, -0.05) is 11.6 Å². The minimum absolute atomic E-state index is 0.0691. The molecule has 1 aromatic carbocycles. The van der Waals surface area contributed by atoms with Crippen LogP contribution in [0.4, 0.5) is 30.7 Å². The molecule has 3 nitrogen and oxygen atoms in total. The van der Waals surface area contributed by atoms with Gasteiger partial charge in [-0.25, -0.2) is 14.2 Å². The molecule has 0 saturated carbocycles. The van der Waals surface area contributed by atoms with Gasteiger partial charge in [-0.15, -0.1) is 0 Å². The fourth-order valence-electron chi connectivity index (χ4n) is 1.65. The van der Waals surface area contributed by atoms with Crippen molar-refractivity contribution in [1.29, 1.82) is 0 Å². The Kier molecular flexibility index (Phi) is 4.81. The van der Waals surface area contributed by atoms with E-state index in [2.05, 4.69) is 21.0 Å². The fraction of sp³-hybridized carbons (Fsp3) is 0.231. The third-order valence-electron chi connectivity index (χ3n) is 2.91. The van der Waals surface area contributed by atoms with Crippen molar-refractivity contribution in [3.63, 3.8) is 0 Å². The van der Waals surface area contributed by atoms with Crippen molar-refractivity contribution in [2.24, 2.45) is 0 Å². The molecule has 0 radical (unpaired) electrons. The predicted molar refractivity (Wildman–Crippen MR) is 75.1 cm³/mol. The molecule has 1 aromatic heterocycles. The number of nitrogens with zero attached hydrogens (tertiary/aromatic N) is 1. The highest BCUT2D eigenvalue weighted by Gasteiger charge is 2.73. The van der Waals surface area contributed by atoms with E-state index in [1.165, 1.54) is 6.07 Å². The van der Waals surface area contributed by atoms with Crippen LogP contribution in [0.5, 0.6) is 0 Å². The molecule has 0 bridgehead atoms. The second-order valence-corrected chi connectivity index (χ2v) is 5.55. The van der Waals surface area contributed by atoms with Crippen molar-refractivity contribution in [3.05, 3.63) is 45.4 Å². The summed E-state index contributed by atoms with van der Waals surface area (Å²) in [5.41, 5.74) is -1.39. The number of alkyl halides is 7. The lowest BCUT2D eigenvalue weighted by molar-refractivity contribution is -0.268. The number of hydrogen-bond acceptors (Lipinski definition) is 3. The Morgan fingerprint density at radius 3 is 2.32 bits per heavy atom. The van der Waals surface area contributed by atoms with Crippen LogP contribution in [0, 0.1) is 0 Å². The zero-order valence-electron chi connectivity index (χ0n) is 11.5. The summed E-state index contributed by atoms with van der Waals surface area (Å²) in [6.45, 7) is 0. The number of benzene rings is 1. The molecule has 0 fully saturated rings. The Labute approximate surface area is 143 Å². The van der Waals surface area contributed by atoms with Gasteiger partial charge in [0.25, 0.3) is 0 Å². The summed E-state index contributed by atoms with van der Waals surface area (Å²) in [6.07, 6.45) is -0.418. The van der Waals surface area contributed by atoms with E-state index in [4.69, 9.17) is 11.6 Å². The molecule has 0 unspecified atom stereocenters. The second kappa shape index (κ2) is 6.17. The second-order valence-electron chi connectivity index (χ2n) is 4.64. The highest BCUT2D eigenvalue weighted by molar-refractivity contribution is 6.31. The van der Waals surface area contributed by atoms with E-state index in [9.17, 15) is 35.5 Å². The zero-order valence-corrected chi connectivity index (χ0v) is 13.0. The summed E-state index contributed by atoms with van der Waals surface area (Å²) >= 11 is 9.55. The Morgan fingerprint density at radius 1 is 1.16 bits per heavy atom. The third-order valence-corrected chi connectivity index (χ3v) is 3.38. The van der Waals surface area contributed by atoms with E-state index < -0.39 is 40.6 Å². The van der Waals surface area contributed by atoms with Crippen molar-refractivity contribution in [2.75, 3.05) is 0 Å². The lowest BCUT2D eigenvalue weighted by Crippen LogP contribution is -2.51. The molecule has 0 N–H and O–H groups in total. The number of hydrogen-bond donors (Lipinski definition) is 0. The molecule has 0 saturated heterocycles. The molecular weight excluding hydrogens is 406 g/mol. The molecule has 0 aliphatic carbocycles. The first-order chi connectivity index (χ1) is 11.3. The van der Waals surface area contributed by atoms with E-state index in [1.54, 1.807) is 0 Å². The van der Waals surface area contributed by atoms with Crippen LogP contribution in [-0.4, -0.2) is 22.2 Å². The van der Waals surface area contributed by atoms with Crippen LogP contribution < -0.4 is 5.63 Å². The Bertz CT molecular complexity index is 905. The normalized spacial score (nSPS) is 14.2. The molecule has 0 aliphatic heterocycles. The van der Waals surface area contributed by atoms with Crippen molar-refractivity contribution < 1.29 is 35.2 Å². The van der Waals surface area contributed by atoms with Crippen LogP contribution >= 0.6 is 23.2 Å². The molecular formula is C13H4Cl2F7NO2. The Balaban J connectivity index is 2.56. The van der Waals surface area contributed by atoms with Gasteiger partial charge in [0.15, 0.2) is 5.83 Å². The number of rotatable bonds is 4. The average molecular weight is 410 g/mol. The monoisotopic (exact) mass is 409 g/mol. The maximum Gasteiger partial charge on any atom is 0.393 e. The van der Waals surface area contributed by atoms with Gasteiger partial charge in [-0.2, -0.15) is 26.3 Å². The average Bonchev–Trinajstić information content (AvgIpc) is 2.45. The van der Waals surface area contributed by atoms with Gasteiger partial charge in [-0.05, 0) is 29.8 Å². The summed E-state index contributed by atoms with van der Waals surface area (Å²) in [5, 5.41) is -5.83.